The third kappa shape index (κ3) is 2.17. The number of aryl methyl sites for hydroxylation is 2. The van der Waals surface area contributed by atoms with E-state index in [2.05, 4.69) is 33.6 Å². The van der Waals surface area contributed by atoms with Gasteiger partial charge in [0.25, 0.3) is 0 Å². The van der Waals surface area contributed by atoms with E-state index >= 15 is 0 Å². The minimum atomic E-state index is 0.0412. The van der Waals surface area contributed by atoms with E-state index in [1.165, 1.54) is 36.0 Å². The van der Waals surface area contributed by atoms with Crippen LogP contribution in [0.3, 0.4) is 0 Å². The van der Waals surface area contributed by atoms with Crippen LogP contribution in [0.4, 0.5) is 0 Å². The number of hydrazine groups is 1. The number of H-pyrrole nitrogens is 1. The van der Waals surface area contributed by atoms with Crippen LogP contribution in [-0.4, -0.2) is 9.97 Å². The summed E-state index contributed by atoms with van der Waals surface area (Å²) in [6, 6.07) is 6.82. The summed E-state index contributed by atoms with van der Waals surface area (Å²) >= 11 is 0. The van der Waals surface area contributed by atoms with Crippen LogP contribution in [0.2, 0.25) is 0 Å². The Morgan fingerprint density at radius 2 is 2.22 bits per heavy atom. The second-order valence-corrected chi connectivity index (χ2v) is 4.85. The number of benzene rings is 1. The Morgan fingerprint density at radius 1 is 1.33 bits per heavy atom. The van der Waals surface area contributed by atoms with Crippen molar-refractivity contribution in [3.63, 3.8) is 0 Å². The molecule has 3 rings (SSSR count). The fourth-order valence-electron chi connectivity index (χ4n) is 2.69. The molecule has 0 saturated heterocycles. The average molecular weight is 242 g/mol. The molecule has 0 aliphatic heterocycles. The van der Waals surface area contributed by atoms with Crippen molar-refractivity contribution in [2.45, 2.75) is 31.7 Å². The van der Waals surface area contributed by atoms with Gasteiger partial charge in [0.05, 0.1) is 6.04 Å². The monoisotopic (exact) mass is 242 g/mol. The van der Waals surface area contributed by atoms with E-state index in [0.29, 0.717) is 0 Å². The summed E-state index contributed by atoms with van der Waals surface area (Å²) in [7, 11) is 0. The van der Waals surface area contributed by atoms with Gasteiger partial charge in [0.15, 0.2) is 0 Å². The normalized spacial score (nSPS) is 15.6. The van der Waals surface area contributed by atoms with Crippen LogP contribution >= 0.6 is 0 Å². The first-order valence-electron chi connectivity index (χ1n) is 6.43. The second kappa shape index (κ2) is 4.92. The molecule has 18 heavy (non-hydrogen) atoms. The molecule has 94 valence electrons. The first-order chi connectivity index (χ1) is 8.86. The molecule has 1 aromatic carbocycles. The summed E-state index contributed by atoms with van der Waals surface area (Å²) in [5.41, 5.74) is 7.15. The maximum Gasteiger partial charge on any atom is 0.124 e. The number of fused-ring (bicyclic) bond motifs is 1. The Morgan fingerprint density at radius 3 is 3.00 bits per heavy atom. The molecule has 0 bridgehead atoms. The smallest absolute Gasteiger partial charge is 0.124 e. The number of rotatable bonds is 4. The number of aromatic nitrogens is 2. The molecule has 4 N–H and O–H groups in total. The van der Waals surface area contributed by atoms with Crippen molar-refractivity contribution in [3.05, 3.63) is 53.1 Å². The number of nitrogens with two attached hydrogens (primary N) is 1. The van der Waals surface area contributed by atoms with E-state index in [9.17, 15) is 0 Å². The Bertz CT molecular complexity index is 519. The molecule has 1 unspecified atom stereocenters. The molecule has 1 aliphatic carbocycles. The molecule has 0 fully saturated rings. The average Bonchev–Trinajstić information content (AvgIpc) is 3.06. The second-order valence-electron chi connectivity index (χ2n) is 4.85. The first-order valence-corrected chi connectivity index (χ1v) is 6.43. The fraction of sp³-hybridized carbons (Fsp3) is 0.357. The van der Waals surface area contributed by atoms with E-state index in [4.69, 9.17) is 5.84 Å². The molecule has 1 heterocycles. The van der Waals surface area contributed by atoms with Crippen molar-refractivity contribution in [2.75, 3.05) is 0 Å². The highest BCUT2D eigenvalue weighted by atomic mass is 15.2. The highest BCUT2D eigenvalue weighted by Gasteiger charge is 2.15. The Balaban J connectivity index is 1.79. The molecule has 1 aliphatic rings. The van der Waals surface area contributed by atoms with Gasteiger partial charge in [-0.15, -0.1) is 0 Å². The molecule has 1 atom stereocenters. The van der Waals surface area contributed by atoms with Gasteiger partial charge >= 0.3 is 0 Å². The van der Waals surface area contributed by atoms with Crippen LogP contribution < -0.4 is 11.3 Å². The van der Waals surface area contributed by atoms with Gasteiger partial charge in [-0.25, -0.2) is 10.4 Å². The molecule has 4 heteroatoms. The van der Waals surface area contributed by atoms with E-state index < -0.39 is 0 Å². The lowest BCUT2D eigenvalue weighted by Gasteiger charge is -2.14. The predicted molar refractivity (Wildman–Crippen MR) is 70.8 cm³/mol. The van der Waals surface area contributed by atoms with E-state index in [1.807, 2.05) is 6.20 Å². The topological polar surface area (TPSA) is 66.7 Å². The highest BCUT2D eigenvalue weighted by Crippen LogP contribution is 2.24. The molecular weight excluding hydrogens is 224 g/mol. The van der Waals surface area contributed by atoms with Gasteiger partial charge in [-0.3, -0.25) is 5.84 Å². The summed E-state index contributed by atoms with van der Waals surface area (Å²) < 4.78 is 0. The lowest BCUT2D eigenvalue weighted by atomic mass is 10.0. The largest absolute Gasteiger partial charge is 0.347 e. The van der Waals surface area contributed by atoms with Crippen molar-refractivity contribution in [3.8, 4) is 0 Å². The van der Waals surface area contributed by atoms with E-state index in [-0.39, 0.29) is 6.04 Å². The number of hydrogen-bond donors (Lipinski definition) is 3. The number of hydrogen-bond acceptors (Lipinski definition) is 3. The van der Waals surface area contributed by atoms with Crippen LogP contribution in [0, 0.1) is 0 Å². The van der Waals surface area contributed by atoms with Crippen LogP contribution in [0.15, 0.2) is 30.6 Å². The van der Waals surface area contributed by atoms with Crippen molar-refractivity contribution in [1.82, 2.24) is 15.4 Å². The minimum Gasteiger partial charge on any atom is -0.347 e. The van der Waals surface area contributed by atoms with Crippen molar-refractivity contribution in [1.29, 1.82) is 0 Å². The summed E-state index contributed by atoms with van der Waals surface area (Å²) in [6.45, 7) is 0. The standard InChI is InChI=1S/C14H18N4/c15-18-13(14-16-6-7-17-14)9-10-4-5-11-2-1-3-12(11)8-10/h4-8,13,18H,1-3,9,15H2,(H,16,17). The number of nitrogens with zero attached hydrogens (tertiary/aromatic N) is 1. The third-order valence-electron chi connectivity index (χ3n) is 3.65. The zero-order valence-electron chi connectivity index (χ0n) is 10.3. The van der Waals surface area contributed by atoms with Gasteiger partial charge in [-0.1, -0.05) is 18.2 Å². The Kier molecular flexibility index (Phi) is 3.13. The summed E-state index contributed by atoms with van der Waals surface area (Å²) in [6.07, 6.45) is 8.16. The SMILES string of the molecule is NNC(Cc1ccc2c(c1)CCC2)c1ncc[nH]1. The molecule has 1 aromatic heterocycles. The molecule has 4 nitrogen and oxygen atoms in total. The van der Waals surface area contributed by atoms with Crippen LogP contribution in [-0.2, 0) is 19.3 Å². The first kappa shape index (κ1) is 11.4. The van der Waals surface area contributed by atoms with Gasteiger partial charge in [0.2, 0.25) is 0 Å². The summed E-state index contributed by atoms with van der Waals surface area (Å²) in [4.78, 5) is 7.37. The zero-order valence-corrected chi connectivity index (χ0v) is 10.3. The van der Waals surface area contributed by atoms with Crippen molar-refractivity contribution < 1.29 is 0 Å². The minimum absolute atomic E-state index is 0.0412. The van der Waals surface area contributed by atoms with E-state index in [0.717, 1.165) is 12.2 Å². The summed E-state index contributed by atoms with van der Waals surface area (Å²) in [5, 5.41) is 0. The number of nitrogens with one attached hydrogen (secondary N) is 2. The summed E-state index contributed by atoms with van der Waals surface area (Å²) in [5.74, 6) is 6.50. The molecule has 0 saturated carbocycles. The van der Waals surface area contributed by atoms with Crippen LogP contribution in [0.5, 0.6) is 0 Å². The molecule has 0 amide bonds. The maximum atomic E-state index is 5.61. The predicted octanol–water partition coefficient (Wildman–Crippen LogP) is 1.65. The van der Waals surface area contributed by atoms with E-state index in [1.54, 1.807) is 6.20 Å². The number of aromatic amines is 1. The number of imidazole rings is 1. The fourth-order valence-corrected chi connectivity index (χ4v) is 2.69. The lowest BCUT2D eigenvalue weighted by molar-refractivity contribution is 0.527. The van der Waals surface area contributed by atoms with Crippen LogP contribution in [0.25, 0.3) is 0 Å². The van der Waals surface area contributed by atoms with Gasteiger partial charge in [-0.2, -0.15) is 0 Å². The third-order valence-corrected chi connectivity index (χ3v) is 3.65. The lowest BCUT2D eigenvalue weighted by Crippen LogP contribution is -2.30. The van der Waals surface area contributed by atoms with Crippen LogP contribution in [0.1, 0.15) is 35.0 Å². The molecule has 2 aromatic rings. The van der Waals surface area contributed by atoms with Crippen molar-refractivity contribution in [2.24, 2.45) is 5.84 Å². The molecule has 0 radical (unpaired) electrons. The van der Waals surface area contributed by atoms with Gasteiger partial charge in [0, 0.05) is 12.4 Å². The maximum absolute atomic E-state index is 5.61. The van der Waals surface area contributed by atoms with Gasteiger partial charge in [0.1, 0.15) is 5.82 Å². The van der Waals surface area contributed by atoms with Gasteiger partial charge < -0.3 is 4.98 Å². The highest BCUT2D eigenvalue weighted by molar-refractivity contribution is 5.35. The molecular formula is C14H18N4. The quantitative estimate of drug-likeness (QED) is 0.564. The Labute approximate surface area is 107 Å². The Hall–Kier alpha value is -1.65. The van der Waals surface area contributed by atoms with Gasteiger partial charge in [-0.05, 0) is 42.4 Å². The van der Waals surface area contributed by atoms with Crippen molar-refractivity contribution >= 4 is 0 Å². The zero-order chi connectivity index (χ0) is 12.4. The molecule has 0 spiro atoms.